The first kappa shape index (κ1) is 28.2. The van der Waals surface area contributed by atoms with E-state index >= 15 is 0 Å². The first-order valence-corrected chi connectivity index (χ1v) is 13.5. The maximum Gasteiger partial charge on any atom is 0.410 e. The molecule has 1 atom stereocenters. The molecule has 218 valence electrons. The second-order valence-corrected chi connectivity index (χ2v) is 10.9. The van der Waals surface area contributed by atoms with Gasteiger partial charge in [0, 0.05) is 43.2 Å². The lowest BCUT2D eigenvalue weighted by Crippen LogP contribution is -2.42. The van der Waals surface area contributed by atoms with E-state index in [9.17, 15) is 9.18 Å². The van der Waals surface area contributed by atoms with Crippen LogP contribution in [0.1, 0.15) is 50.9 Å². The molecule has 0 spiro atoms. The first-order valence-electron chi connectivity index (χ1n) is 13.5. The lowest BCUT2D eigenvalue weighted by atomic mass is 9.98. The van der Waals surface area contributed by atoms with E-state index in [2.05, 4.69) is 5.32 Å². The second kappa shape index (κ2) is 11.3. The van der Waals surface area contributed by atoms with E-state index in [1.165, 1.54) is 19.2 Å². The van der Waals surface area contributed by atoms with Crippen molar-refractivity contribution in [3.8, 4) is 17.2 Å². The van der Waals surface area contributed by atoms with Gasteiger partial charge in [0.05, 0.1) is 26.7 Å². The van der Waals surface area contributed by atoms with Crippen LogP contribution in [0.4, 0.5) is 15.1 Å². The molecule has 1 aliphatic heterocycles. The molecule has 1 amide bonds. The Balaban J connectivity index is 1.54. The molecular weight excluding hydrogens is 531 g/mol. The summed E-state index contributed by atoms with van der Waals surface area (Å²) in [5, 5.41) is 8.61. The van der Waals surface area contributed by atoms with Gasteiger partial charge in [0.25, 0.3) is 0 Å². The van der Waals surface area contributed by atoms with Gasteiger partial charge in [0.15, 0.2) is 11.5 Å². The Labute approximate surface area is 237 Å². The molecule has 0 radical (unpaired) electrons. The van der Waals surface area contributed by atoms with Gasteiger partial charge < -0.3 is 29.2 Å². The Hall–Kier alpha value is -4.35. The summed E-state index contributed by atoms with van der Waals surface area (Å²) in [6, 6.07) is 8.22. The van der Waals surface area contributed by atoms with Crippen LogP contribution in [-0.2, 0) is 11.3 Å². The highest BCUT2D eigenvalue weighted by Crippen LogP contribution is 2.33. The van der Waals surface area contributed by atoms with Crippen LogP contribution in [0, 0.1) is 5.82 Å². The van der Waals surface area contributed by atoms with Crippen molar-refractivity contribution in [2.75, 3.05) is 39.7 Å². The molecule has 0 unspecified atom stereocenters. The fraction of sp³-hybridized carbons (Fsp3) is 0.448. The number of nitrogens with zero attached hydrogens (tertiary/aromatic N) is 5. The normalized spacial score (nSPS) is 15.7. The number of hydrogen-bond donors (Lipinski definition) is 1. The number of aromatic nitrogens is 4. The van der Waals surface area contributed by atoms with Crippen molar-refractivity contribution in [3.63, 3.8) is 0 Å². The summed E-state index contributed by atoms with van der Waals surface area (Å²) in [5.41, 5.74) is 1.16. The Morgan fingerprint density at radius 3 is 2.56 bits per heavy atom. The minimum Gasteiger partial charge on any atom is -0.497 e. The van der Waals surface area contributed by atoms with Crippen LogP contribution in [0.3, 0.4) is 0 Å². The highest BCUT2D eigenvalue weighted by molar-refractivity contribution is 5.96. The van der Waals surface area contributed by atoms with E-state index in [4.69, 9.17) is 34.0 Å². The van der Waals surface area contributed by atoms with Gasteiger partial charge in [-0.2, -0.15) is 4.52 Å². The third kappa shape index (κ3) is 5.91. The van der Waals surface area contributed by atoms with E-state index in [1.807, 2.05) is 32.9 Å². The molecule has 0 bridgehead atoms. The minimum absolute atomic E-state index is 0.129. The van der Waals surface area contributed by atoms with Crippen LogP contribution in [0.5, 0.6) is 17.2 Å². The fourth-order valence-electron chi connectivity index (χ4n) is 4.96. The lowest BCUT2D eigenvalue weighted by molar-refractivity contribution is 0.0196. The Kier molecular flexibility index (Phi) is 7.74. The van der Waals surface area contributed by atoms with Crippen LogP contribution in [0.15, 0.2) is 30.3 Å². The van der Waals surface area contributed by atoms with Gasteiger partial charge >= 0.3 is 6.09 Å². The molecule has 2 aromatic heterocycles. The maximum atomic E-state index is 14.6. The molecule has 3 heterocycles. The van der Waals surface area contributed by atoms with Crippen LogP contribution < -0.4 is 19.5 Å². The SMILES string of the molecule is COc1ccc(CNc2nc3c(OC)cc(F)cc3c3nc([C@@H]4CCCN(C(=O)OC(C)(C)C)C4)nn23)c(OC)c1. The Morgan fingerprint density at radius 2 is 1.85 bits per heavy atom. The van der Waals surface area contributed by atoms with Gasteiger partial charge in [-0.15, -0.1) is 5.10 Å². The molecule has 2 aromatic carbocycles. The zero-order chi connectivity index (χ0) is 29.3. The van der Waals surface area contributed by atoms with Crippen LogP contribution in [0.25, 0.3) is 16.6 Å². The summed E-state index contributed by atoms with van der Waals surface area (Å²) in [5.74, 6) is 1.95. The van der Waals surface area contributed by atoms with E-state index in [1.54, 1.807) is 29.7 Å². The zero-order valence-electron chi connectivity index (χ0n) is 24.2. The topological polar surface area (TPSA) is 112 Å². The smallest absolute Gasteiger partial charge is 0.410 e. The number of carbonyl (C=O) groups excluding carboxylic acids is 1. The zero-order valence-corrected chi connectivity index (χ0v) is 24.2. The van der Waals surface area contributed by atoms with E-state index in [0.29, 0.717) is 59.5 Å². The molecular formula is C29H35FN6O5. The molecule has 1 N–H and O–H groups in total. The molecule has 5 rings (SSSR count). The van der Waals surface area contributed by atoms with Gasteiger partial charge in [-0.25, -0.2) is 19.2 Å². The summed E-state index contributed by atoms with van der Waals surface area (Å²) in [7, 11) is 4.66. The first-order chi connectivity index (χ1) is 19.6. The molecule has 1 saturated heterocycles. The lowest BCUT2D eigenvalue weighted by Gasteiger charge is -2.33. The number of likely N-dealkylation sites (tertiary alicyclic amines) is 1. The number of halogens is 1. The highest BCUT2D eigenvalue weighted by atomic mass is 19.1. The van der Waals surface area contributed by atoms with Crippen molar-refractivity contribution in [2.45, 2.75) is 51.7 Å². The Bertz CT molecular complexity index is 1580. The van der Waals surface area contributed by atoms with Crippen molar-refractivity contribution >= 4 is 28.6 Å². The van der Waals surface area contributed by atoms with E-state index in [0.717, 1.165) is 18.4 Å². The molecule has 41 heavy (non-hydrogen) atoms. The maximum absolute atomic E-state index is 14.6. The van der Waals surface area contributed by atoms with Gasteiger partial charge in [-0.05, 0) is 51.8 Å². The van der Waals surface area contributed by atoms with Crippen molar-refractivity contribution in [1.29, 1.82) is 0 Å². The number of methoxy groups -OCH3 is 3. The van der Waals surface area contributed by atoms with Gasteiger partial charge in [-0.1, -0.05) is 0 Å². The third-order valence-electron chi connectivity index (χ3n) is 6.91. The summed E-state index contributed by atoms with van der Waals surface area (Å²) in [4.78, 5) is 24.1. The molecule has 1 aliphatic rings. The molecule has 12 heteroatoms. The van der Waals surface area contributed by atoms with Gasteiger partial charge in [0.1, 0.15) is 34.2 Å². The number of hydrogen-bond acceptors (Lipinski definition) is 9. The van der Waals surface area contributed by atoms with Crippen molar-refractivity contribution < 1.29 is 28.1 Å². The molecule has 0 saturated carbocycles. The number of benzene rings is 2. The number of rotatable bonds is 7. The summed E-state index contributed by atoms with van der Waals surface area (Å²) < 4.78 is 38.1. The average molecular weight is 567 g/mol. The number of ether oxygens (including phenoxy) is 4. The van der Waals surface area contributed by atoms with E-state index < -0.39 is 11.4 Å². The number of anilines is 1. The Morgan fingerprint density at radius 1 is 1.07 bits per heavy atom. The molecule has 0 aliphatic carbocycles. The molecule has 1 fully saturated rings. The largest absolute Gasteiger partial charge is 0.497 e. The summed E-state index contributed by atoms with van der Waals surface area (Å²) in [6.45, 7) is 6.91. The average Bonchev–Trinajstić information content (AvgIpc) is 3.41. The van der Waals surface area contributed by atoms with Crippen molar-refractivity contribution in [3.05, 3.63) is 47.5 Å². The second-order valence-electron chi connectivity index (χ2n) is 10.9. The van der Waals surface area contributed by atoms with Crippen LogP contribution in [0.2, 0.25) is 0 Å². The van der Waals surface area contributed by atoms with Gasteiger partial charge in [0.2, 0.25) is 5.95 Å². The third-order valence-corrected chi connectivity index (χ3v) is 6.91. The summed E-state index contributed by atoms with van der Waals surface area (Å²) >= 11 is 0. The van der Waals surface area contributed by atoms with Crippen molar-refractivity contribution in [1.82, 2.24) is 24.5 Å². The number of nitrogens with one attached hydrogen (secondary N) is 1. The quantitative estimate of drug-likeness (QED) is 0.324. The number of carbonyl (C=O) groups is 1. The fourth-order valence-corrected chi connectivity index (χ4v) is 4.96. The number of amides is 1. The van der Waals surface area contributed by atoms with Crippen LogP contribution >= 0.6 is 0 Å². The standard InChI is InChI=1S/C29H35FN6O5/c1-29(2,3)41-28(37)35-11-7-8-18(16-35)25-33-26-21-12-19(30)13-23(40-6)24(21)32-27(36(26)34-25)31-15-17-9-10-20(38-4)14-22(17)39-5/h9-10,12-14,18H,7-8,11,15-16H2,1-6H3,(H,31,32)/t18-/m1/s1. The van der Waals surface area contributed by atoms with Gasteiger partial charge in [-0.3, -0.25) is 0 Å². The minimum atomic E-state index is -0.591. The summed E-state index contributed by atoms with van der Waals surface area (Å²) in [6.07, 6.45) is 1.22. The molecule has 4 aromatic rings. The number of fused-ring (bicyclic) bond motifs is 3. The predicted octanol–water partition coefficient (Wildman–Crippen LogP) is 5.17. The highest BCUT2D eigenvalue weighted by Gasteiger charge is 2.31. The van der Waals surface area contributed by atoms with Crippen molar-refractivity contribution in [2.24, 2.45) is 0 Å². The predicted molar refractivity (Wildman–Crippen MR) is 151 cm³/mol. The monoisotopic (exact) mass is 566 g/mol. The number of piperidine rings is 1. The van der Waals surface area contributed by atoms with E-state index in [-0.39, 0.29) is 17.8 Å². The van der Waals surface area contributed by atoms with Crippen LogP contribution in [-0.4, -0.2) is 70.6 Å². The molecule has 11 nitrogen and oxygen atoms in total.